The lowest BCUT2D eigenvalue weighted by Gasteiger charge is -2.42. The van der Waals surface area contributed by atoms with E-state index in [0.29, 0.717) is 28.4 Å². The molecule has 0 unspecified atom stereocenters. The summed E-state index contributed by atoms with van der Waals surface area (Å²) >= 11 is 6.65. The average molecular weight is 657 g/mol. The summed E-state index contributed by atoms with van der Waals surface area (Å²) < 4.78 is 60.9. The molecule has 0 bridgehead atoms. The fourth-order valence-electron chi connectivity index (χ4n) is 6.47. The molecule has 2 atom stereocenters. The van der Waals surface area contributed by atoms with E-state index in [0.717, 1.165) is 46.2 Å². The van der Waals surface area contributed by atoms with E-state index < -0.39 is 30.4 Å². The highest BCUT2D eigenvalue weighted by atomic mass is 35.5. The van der Waals surface area contributed by atoms with Gasteiger partial charge in [-0.1, -0.05) is 48.5 Å². The van der Waals surface area contributed by atoms with Crippen molar-refractivity contribution in [1.82, 2.24) is 24.8 Å². The second-order valence-corrected chi connectivity index (χ2v) is 12.3. The van der Waals surface area contributed by atoms with Gasteiger partial charge in [-0.05, 0) is 56.4 Å². The van der Waals surface area contributed by atoms with Crippen LogP contribution in [0.25, 0.3) is 32.9 Å². The van der Waals surface area contributed by atoms with Crippen molar-refractivity contribution in [2.24, 2.45) is 0 Å². The second kappa shape index (κ2) is 12.6. The molecule has 2 aromatic heterocycles. The van der Waals surface area contributed by atoms with E-state index in [-0.39, 0.29) is 37.5 Å². The van der Waals surface area contributed by atoms with Crippen molar-refractivity contribution in [2.45, 2.75) is 44.4 Å². The van der Waals surface area contributed by atoms with Crippen molar-refractivity contribution in [2.75, 3.05) is 44.7 Å². The van der Waals surface area contributed by atoms with E-state index in [1.54, 1.807) is 4.90 Å². The minimum absolute atomic E-state index is 0.0679. The number of alkyl halides is 3. The summed E-state index contributed by atoms with van der Waals surface area (Å²) in [5.41, 5.74) is 3.09. The summed E-state index contributed by atoms with van der Waals surface area (Å²) in [7, 11) is 2.02. The summed E-state index contributed by atoms with van der Waals surface area (Å²) in [6, 6.07) is 12.3. The van der Waals surface area contributed by atoms with E-state index in [1.165, 1.54) is 0 Å². The van der Waals surface area contributed by atoms with Gasteiger partial charge in [0.05, 0.1) is 18.0 Å². The van der Waals surface area contributed by atoms with Gasteiger partial charge < -0.3 is 19.4 Å². The number of anilines is 1. The summed E-state index contributed by atoms with van der Waals surface area (Å²) in [6.07, 6.45) is -3.91. The van der Waals surface area contributed by atoms with E-state index >= 15 is 0 Å². The number of likely N-dealkylation sites (N-methyl/N-ethyl adjacent to an activating group) is 1. The van der Waals surface area contributed by atoms with E-state index in [4.69, 9.17) is 26.3 Å². The summed E-state index contributed by atoms with van der Waals surface area (Å²) in [5, 5.41) is 2.40. The Hall–Kier alpha value is -4.03. The molecule has 0 aliphatic carbocycles. The number of ether oxygens (including phenoxy) is 1. The largest absolute Gasteiger partial charge is 0.462 e. The predicted octanol–water partition coefficient (Wildman–Crippen LogP) is 6.73. The lowest BCUT2D eigenvalue weighted by Crippen LogP contribution is -2.56. The molecule has 0 saturated carbocycles. The first-order valence-corrected chi connectivity index (χ1v) is 15.4. The quantitative estimate of drug-likeness (QED) is 0.161. The highest BCUT2D eigenvalue weighted by molar-refractivity contribution is 6.36. The lowest BCUT2D eigenvalue weighted by molar-refractivity contribution is -0.154. The molecule has 0 N–H and O–H groups in total. The number of carbonyl (C=O) groups excluding carboxylic acids is 1. The number of hydrogen-bond donors (Lipinski definition) is 0. The van der Waals surface area contributed by atoms with Gasteiger partial charge in [-0.25, -0.2) is 9.37 Å². The van der Waals surface area contributed by atoms with Crippen LogP contribution in [-0.2, 0) is 4.79 Å². The number of nitrogens with zero attached hydrogens (tertiary/aromatic N) is 6. The van der Waals surface area contributed by atoms with Crippen LogP contribution in [0.2, 0.25) is 5.02 Å². The number of aryl methyl sites for hydroxylation is 1. The van der Waals surface area contributed by atoms with Crippen molar-refractivity contribution in [3.63, 3.8) is 0 Å². The third kappa shape index (κ3) is 6.46. The monoisotopic (exact) mass is 656 g/mol. The van der Waals surface area contributed by atoms with Crippen LogP contribution in [0.1, 0.15) is 25.0 Å². The number of benzene rings is 2. The molecule has 6 rings (SSSR count). The van der Waals surface area contributed by atoms with E-state index in [1.807, 2.05) is 56.4 Å². The van der Waals surface area contributed by atoms with Gasteiger partial charge in [-0.3, -0.25) is 4.79 Å². The Morgan fingerprint density at radius 2 is 1.83 bits per heavy atom. The van der Waals surface area contributed by atoms with Gasteiger partial charge in [0.1, 0.15) is 12.1 Å². The molecule has 2 fully saturated rings. The maximum absolute atomic E-state index is 13.8. The zero-order valence-electron chi connectivity index (χ0n) is 25.4. The van der Waals surface area contributed by atoms with Gasteiger partial charge in [-0.2, -0.15) is 23.1 Å². The van der Waals surface area contributed by atoms with Crippen molar-refractivity contribution in [1.29, 1.82) is 0 Å². The van der Waals surface area contributed by atoms with Crippen LogP contribution in [0.3, 0.4) is 0 Å². The number of piperazine rings is 1. The molecule has 1 amide bonds. The number of aromatic nitrogens is 3. The van der Waals surface area contributed by atoms with Gasteiger partial charge in [0.2, 0.25) is 0 Å². The highest BCUT2D eigenvalue weighted by Gasteiger charge is 2.41. The Balaban J connectivity index is 1.45. The topological polar surface area (TPSA) is 74.7 Å². The van der Waals surface area contributed by atoms with Crippen LogP contribution in [-0.4, -0.2) is 88.8 Å². The van der Waals surface area contributed by atoms with Crippen molar-refractivity contribution < 1.29 is 27.1 Å². The number of hydrogen-bond acceptors (Lipinski definition) is 7. The molecule has 46 heavy (non-hydrogen) atoms. The molecule has 0 radical (unpaired) electrons. The molecular weight excluding hydrogens is 624 g/mol. The standard InChI is InChI=1S/C33H33ClF4N6O2/c1-19(35)31(45)44-14-13-43(17-23(44)16-33(36,37)38)30-29-27(40-32(41-30)46-18-22-9-6-12-42(22)3)15-25(20(2)39-29)24-10-4-7-21-8-5-11-26(34)28(21)24/h4-5,7-8,10-11,15,22-23H,1,6,9,12-14,16-18H2,2-3H3/t22-,23-/m0/s1. The van der Waals surface area contributed by atoms with Gasteiger partial charge in [0.15, 0.2) is 11.6 Å². The first-order valence-electron chi connectivity index (χ1n) is 15.1. The number of halogens is 5. The first-order chi connectivity index (χ1) is 21.9. The summed E-state index contributed by atoms with van der Waals surface area (Å²) in [6.45, 7) is 5.80. The highest BCUT2D eigenvalue weighted by Crippen LogP contribution is 2.38. The molecule has 13 heteroatoms. The summed E-state index contributed by atoms with van der Waals surface area (Å²) in [4.78, 5) is 31.5. The zero-order valence-corrected chi connectivity index (χ0v) is 26.2. The maximum atomic E-state index is 13.8. The third-order valence-corrected chi connectivity index (χ3v) is 9.10. The molecule has 2 aliphatic heterocycles. The van der Waals surface area contributed by atoms with Crippen molar-refractivity contribution in [3.05, 3.63) is 65.6 Å². The molecule has 2 aromatic carbocycles. The van der Waals surface area contributed by atoms with Crippen LogP contribution in [0, 0.1) is 6.92 Å². The smallest absolute Gasteiger partial charge is 0.391 e. The van der Waals surface area contributed by atoms with Crippen LogP contribution in [0.5, 0.6) is 6.01 Å². The first kappa shape index (κ1) is 31.9. The minimum atomic E-state index is -4.59. The van der Waals surface area contributed by atoms with Gasteiger partial charge >= 0.3 is 12.2 Å². The van der Waals surface area contributed by atoms with Gasteiger partial charge in [0, 0.05) is 47.3 Å². The number of rotatable bonds is 7. The predicted molar refractivity (Wildman–Crippen MR) is 170 cm³/mol. The fraction of sp³-hybridized carbons (Fsp3) is 0.394. The number of carbonyl (C=O) groups is 1. The SMILES string of the molecule is C=C(F)C(=O)N1CCN(c2nc(OC[C@@H]3CCCN3C)nc3cc(-c4cccc5cccc(Cl)c45)c(C)nc23)C[C@@H]1CC(F)(F)F. The van der Waals surface area contributed by atoms with Crippen molar-refractivity contribution >= 4 is 45.1 Å². The van der Waals surface area contributed by atoms with Crippen LogP contribution in [0.4, 0.5) is 23.4 Å². The maximum Gasteiger partial charge on any atom is 0.391 e. The molecular formula is C33H33ClF4N6O2. The van der Waals surface area contributed by atoms with E-state index in [2.05, 4.69) is 16.5 Å². The molecule has 2 saturated heterocycles. The van der Waals surface area contributed by atoms with E-state index in [9.17, 15) is 22.4 Å². The zero-order chi connectivity index (χ0) is 32.7. The Morgan fingerprint density at radius 1 is 1.07 bits per heavy atom. The van der Waals surface area contributed by atoms with Crippen LogP contribution < -0.4 is 9.64 Å². The van der Waals surface area contributed by atoms with Gasteiger partial charge in [-0.15, -0.1) is 0 Å². The third-order valence-electron chi connectivity index (χ3n) is 8.79. The Kier molecular flexibility index (Phi) is 8.77. The lowest BCUT2D eigenvalue weighted by atomic mass is 9.97. The Morgan fingerprint density at radius 3 is 2.52 bits per heavy atom. The molecule has 4 aromatic rings. The number of amides is 1. The minimum Gasteiger partial charge on any atom is -0.462 e. The Bertz CT molecular complexity index is 1810. The molecule has 2 aliphatic rings. The second-order valence-electron chi connectivity index (χ2n) is 11.9. The van der Waals surface area contributed by atoms with Crippen LogP contribution in [0.15, 0.2) is 54.9 Å². The number of pyridine rings is 1. The average Bonchev–Trinajstić information content (AvgIpc) is 3.42. The fourth-order valence-corrected chi connectivity index (χ4v) is 6.75. The Labute approximate surface area is 268 Å². The molecule has 8 nitrogen and oxygen atoms in total. The molecule has 4 heterocycles. The summed E-state index contributed by atoms with van der Waals surface area (Å²) in [5.74, 6) is -2.18. The molecule has 242 valence electrons. The molecule has 0 spiro atoms. The van der Waals surface area contributed by atoms with Gasteiger partial charge in [0.25, 0.3) is 5.91 Å². The van der Waals surface area contributed by atoms with Crippen LogP contribution >= 0.6 is 11.6 Å². The van der Waals surface area contributed by atoms with Crippen molar-refractivity contribution in [3.8, 4) is 17.1 Å². The normalized spacial score (nSPS) is 19.3. The number of fused-ring (bicyclic) bond motifs is 2. The number of likely N-dealkylation sites (tertiary alicyclic amines) is 1.